The first-order valence-electron chi connectivity index (χ1n) is 12.1. The van der Waals surface area contributed by atoms with Gasteiger partial charge in [0.05, 0.1) is 13.0 Å². The third-order valence-electron chi connectivity index (χ3n) is 5.29. The van der Waals surface area contributed by atoms with Crippen LogP contribution in [0, 0.1) is 13.8 Å². The predicted molar refractivity (Wildman–Crippen MR) is 134 cm³/mol. The van der Waals surface area contributed by atoms with Gasteiger partial charge in [-0.3, -0.25) is 14.4 Å². The third kappa shape index (κ3) is 9.58. The van der Waals surface area contributed by atoms with Crippen molar-refractivity contribution >= 4 is 23.9 Å². The lowest BCUT2D eigenvalue weighted by molar-refractivity contribution is -0.144. The van der Waals surface area contributed by atoms with Crippen molar-refractivity contribution in [3.05, 3.63) is 34.9 Å². The molecule has 2 unspecified atom stereocenters. The Labute approximate surface area is 208 Å². The van der Waals surface area contributed by atoms with Gasteiger partial charge in [0.2, 0.25) is 11.8 Å². The molecule has 0 aliphatic rings. The van der Waals surface area contributed by atoms with E-state index in [1.165, 1.54) is 4.90 Å². The van der Waals surface area contributed by atoms with Crippen molar-refractivity contribution in [1.29, 1.82) is 0 Å². The second kappa shape index (κ2) is 13.7. The van der Waals surface area contributed by atoms with Crippen LogP contribution in [0.2, 0.25) is 0 Å². The van der Waals surface area contributed by atoms with Gasteiger partial charge in [0.25, 0.3) is 0 Å². The van der Waals surface area contributed by atoms with Crippen LogP contribution < -0.4 is 10.6 Å². The molecule has 1 aromatic rings. The monoisotopic (exact) mass is 491 g/mol. The van der Waals surface area contributed by atoms with Crippen molar-refractivity contribution < 1.29 is 28.7 Å². The van der Waals surface area contributed by atoms with E-state index >= 15 is 0 Å². The van der Waals surface area contributed by atoms with Crippen LogP contribution in [0.4, 0.5) is 4.79 Å². The zero-order chi connectivity index (χ0) is 26.8. The predicted octanol–water partition coefficient (Wildman–Crippen LogP) is 3.57. The number of hydrogen-bond donors (Lipinski definition) is 2. The van der Waals surface area contributed by atoms with Gasteiger partial charge in [-0.25, -0.2) is 4.79 Å². The summed E-state index contributed by atoms with van der Waals surface area (Å²) in [6, 6.07) is 3.74. The van der Waals surface area contributed by atoms with Gasteiger partial charge in [-0.05, 0) is 71.6 Å². The topological polar surface area (TPSA) is 114 Å². The average molecular weight is 492 g/mol. The summed E-state index contributed by atoms with van der Waals surface area (Å²) in [5.41, 5.74) is 1.84. The van der Waals surface area contributed by atoms with Gasteiger partial charge >= 0.3 is 12.1 Å². The fraction of sp³-hybridized carbons (Fsp3) is 0.615. The van der Waals surface area contributed by atoms with Crippen LogP contribution >= 0.6 is 0 Å². The Balaban J connectivity index is 3.25. The molecule has 0 aromatic heterocycles. The molecule has 9 nitrogen and oxygen atoms in total. The van der Waals surface area contributed by atoms with Gasteiger partial charge in [0.1, 0.15) is 17.7 Å². The Hall–Kier alpha value is -3.10. The van der Waals surface area contributed by atoms with E-state index in [1.54, 1.807) is 34.6 Å². The van der Waals surface area contributed by atoms with Gasteiger partial charge in [0.15, 0.2) is 0 Å². The summed E-state index contributed by atoms with van der Waals surface area (Å²) in [5.74, 6) is -1.23. The quantitative estimate of drug-likeness (QED) is 0.458. The van der Waals surface area contributed by atoms with Gasteiger partial charge in [-0.1, -0.05) is 25.1 Å². The molecule has 0 radical (unpaired) electrons. The molecule has 1 rings (SSSR count). The van der Waals surface area contributed by atoms with Crippen molar-refractivity contribution in [2.45, 2.75) is 85.9 Å². The number of aryl methyl sites for hydroxylation is 1. The first-order chi connectivity index (χ1) is 16.3. The third-order valence-corrected chi connectivity index (χ3v) is 5.29. The van der Waals surface area contributed by atoms with E-state index in [2.05, 4.69) is 10.6 Å². The largest absolute Gasteiger partial charge is 0.466 e. The Morgan fingerprint density at radius 1 is 1.09 bits per heavy atom. The number of nitrogens with zero attached hydrogens (tertiary/aromatic N) is 1. The normalized spacial score (nSPS) is 12.8. The van der Waals surface area contributed by atoms with E-state index in [9.17, 15) is 19.2 Å². The molecular formula is C26H41N3O6. The van der Waals surface area contributed by atoms with E-state index in [1.807, 2.05) is 39.0 Å². The molecule has 196 valence electrons. The first kappa shape index (κ1) is 29.9. The molecule has 0 heterocycles. The highest BCUT2D eigenvalue weighted by molar-refractivity contribution is 5.92. The lowest BCUT2D eigenvalue weighted by atomic mass is 9.95. The summed E-state index contributed by atoms with van der Waals surface area (Å²) in [6.07, 6.45) is -0.0863. The molecule has 0 aliphatic carbocycles. The van der Waals surface area contributed by atoms with E-state index in [-0.39, 0.29) is 19.6 Å². The van der Waals surface area contributed by atoms with Crippen molar-refractivity contribution in [2.75, 3.05) is 19.7 Å². The molecule has 3 amide bonds. The molecule has 0 saturated carbocycles. The fourth-order valence-corrected chi connectivity index (χ4v) is 3.54. The second-order valence-corrected chi connectivity index (χ2v) is 9.44. The maximum Gasteiger partial charge on any atom is 0.408 e. The maximum absolute atomic E-state index is 13.5. The van der Waals surface area contributed by atoms with Crippen molar-refractivity contribution in [1.82, 2.24) is 15.5 Å². The molecule has 0 saturated heterocycles. The zero-order valence-electron chi connectivity index (χ0n) is 22.3. The minimum Gasteiger partial charge on any atom is -0.466 e. The smallest absolute Gasteiger partial charge is 0.408 e. The number of benzene rings is 1. The van der Waals surface area contributed by atoms with Crippen LogP contribution in [-0.2, 0) is 23.9 Å². The molecule has 0 aliphatic heterocycles. The first-order valence-corrected chi connectivity index (χ1v) is 12.1. The van der Waals surface area contributed by atoms with Crippen LogP contribution in [0.1, 0.15) is 77.1 Å². The highest BCUT2D eigenvalue weighted by atomic mass is 16.6. The molecule has 0 bridgehead atoms. The number of rotatable bonds is 11. The van der Waals surface area contributed by atoms with Crippen LogP contribution in [0.3, 0.4) is 0 Å². The van der Waals surface area contributed by atoms with Gasteiger partial charge in [-0.15, -0.1) is 0 Å². The zero-order valence-corrected chi connectivity index (χ0v) is 22.3. The van der Waals surface area contributed by atoms with Gasteiger partial charge in [-0.2, -0.15) is 0 Å². The second-order valence-electron chi connectivity index (χ2n) is 9.44. The summed E-state index contributed by atoms with van der Waals surface area (Å²) in [4.78, 5) is 52.4. The van der Waals surface area contributed by atoms with Crippen molar-refractivity contribution in [3.63, 3.8) is 0 Å². The summed E-state index contributed by atoms with van der Waals surface area (Å²) in [7, 11) is 0. The molecule has 0 fully saturated rings. The van der Waals surface area contributed by atoms with E-state index in [0.29, 0.717) is 18.5 Å². The molecule has 35 heavy (non-hydrogen) atoms. The number of carbonyl (C=O) groups excluding carboxylic acids is 4. The summed E-state index contributed by atoms with van der Waals surface area (Å²) < 4.78 is 10.2. The number of alkyl carbamates (subject to hydrolysis) is 1. The number of amides is 3. The SMILES string of the molecule is CCCN(C(=O)C(C)NC(=O)OC(C)(C)C)C(C(=O)NCCC(=O)OCC)c1cccc(C)c1C. The Morgan fingerprint density at radius 3 is 2.31 bits per heavy atom. The van der Waals surface area contributed by atoms with Crippen LogP contribution in [0.25, 0.3) is 0 Å². The highest BCUT2D eigenvalue weighted by Gasteiger charge is 2.35. The number of hydrogen-bond acceptors (Lipinski definition) is 6. The minimum atomic E-state index is -0.938. The van der Waals surface area contributed by atoms with Gasteiger partial charge < -0.3 is 25.0 Å². The summed E-state index contributed by atoms with van der Waals surface area (Å²) in [5, 5.41) is 5.35. The molecule has 2 N–H and O–H groups in total. The number of nitrogens with one attached hydrogen (secondary N) is 2. The lowest BCUT2D eigenvalue weighted by Gasteiger charge is -2.34. The number of esters is 1. The molecule has 0 spiro atoms. The molecular weight excluding hydrogens is 450 g/mol. The van der Waals surface area contributed by atoms with Crippen LogP contribution in [0.5, 0.6) is 0 Å². The highest BCUT2D eigenvalue weighted by Crippen LogP contribution is 2.27. The summed E-state index contributed by atoms with van der Waals surface area (Å²) >= 11 is 0. The molecule has 9 heteroatoms. The van der Waals surface area contributed by atoms with Crippen molar-refractivity contribution in [3.8, 4) is 0 Å². The van der Waals surface area contributed by atoms with E-state index < -0.39 is 41.6 Å². The average Bonchev–Trinajstić information content (AvgIpc) is 2.74. The minimum absolute atomic E-state index is 0.0252. The standard InChI is InChI=1S/C26H41N3O6/c1-9-16-29(24(32)19(5)28-25(33)35-26(6,7)8)22(20-13-11-12-17(3)18(20)4)23(31)27-15-14-21(30)34-10-2/h11-13,19,22H,9-10,14-16H2,1-8H3,(H,27,31)(H,28,33). The fourth-order valence-electron chi connectivity index (χ4n) is 3.54. The number of ether oxygens (including phenoxy) is 2. The van der Waals surface area contributed by atoms with E-state index in [0.717, 1.165) is 11.1 Å². The van der Waals surface area contributed by atoms with E-state index in [4.69, 9.17) is 9.47 Å². The van der Waals surface area contributed by atoms with Gasteiger partial charge in [0, 0.05) is 13.1 Å². The Kier molecular flexibility index (Phi) is 11.7. The maximum atomic E-state index is 13.5. The number of carbonyl (C=O) groups is 4. The molecule has 2 atom stereocenters. The Morgan fingerprint density at radius 2 is 1.74 bits per heavy atom. The van der Waals surface area contributed by atoms with Crippen LogP contribution in [-0.4, -0.2) is 60.1 Å². The summed E-state index contributed by atoms with van der Waals surface area (Å²) in [6.45, 7) is 14.9. The molecule has 1 aromatic carbocycles. The van der Waals surface area contributed by atoms with Crippen molar-refractivity contribution in [2.24, 2.45) is 0 Å². The lowest BCUT2D eigenvalue weighted by Crippen LogP contribution is -2.52. The van der Waals surface area contributed by atoms with Crippen LogP contribution in [0.15, 0.2) is 18.2 Å². The Bertz CT molecular complexity index is 894.